The number of carbonyl (C=O) groups is 1. The quantitative estimate of drug-likeness (QED) is 0.771. The lowest BCUT2D eigenvalue weighted by molar-refractivity contribution is -0.134. The maximum absolute atomic E-state index is 12.4. The monoisotopic (exact) mass is 268 g/mol. The molecule has 1 rings (SSSR count). The highest BCUT2D eigenvalue weighted by Crippen LogP contribution is 2.37. The van der Waals surface area contributed by atoms with E-state index in [-0.39, 0.29) is 12.0 Å². The molecule has 3 nitrogen and oxygen atoms in total. The van der Waals surface area contributed by atoms with Crippen molar-refractivity contribution in [2.75, 3.05) is 13.1 Å². The Labute approximate surface area is 118 Å². The Bertz CT molecular complexity index is 284. The zero-order valence-electron chi connectivity index (χ0n) is 13.2. The van der Waals surface area contributed by atoms with Gasteiger partial charge in [0.15, 0.2) is 0 Å². The standard InChI is InChI=1S/C16H32N2O/c1-5-16(6-2)10-11-18(12-16)15(19)13(3)8-7-9-14(4)17/h13-14H,5-12,17H2,1-4H3. The first-order valence-corrected chi connectivity index (χ1v) is 7.98. The normalized spacial score (nSPS) is 21.4. The summed E-state index contributed by atoms with van der Waals surface area (Å²) in [5.41, 5.74) is 6.14. The minimum absolute atomic E-state index is 0.156. The average Bonchev–Trinajstić information content (AvgIpc) is 2.82. The van der Waals surface area contributed by atoms with Crippen LogP contribution < -0.4 is 5.73 Å². The molecule has 0 saturated carbocycles. The van der Waals surface area contributed by atoms with Crippen LogP contribution in [0.3, 0.4) is 0 Å². The van der Waals surface area contributed by atoms with E-state index in [0.717, 1.165) is 32.4 Å². The summed E-state index contributed by atoms with van der Waals surface area (Å²) in [5, 5.41) is 0. The fraction of sp³-hybridized carbons (Fsp3) is 0.938. The van der Waals surface area contributed by atoms with Crippen molar-refractivity contribution in [1.29, 1.82) is 0 Å². The molecule has 0 aliphatic carbocycles. The highest BCUT2D eigenvalue weighted by atomic mass is 16.2. The molecule has 0 bridgehead atoms. The predicted molar refractivity (Wildman–Crippen MR) is 80.9 cm³/mol. The predicted octanol–water partition coefficient (Wildman–Crippen LogP) is 3.18. The van der Waals surface area contributed by atoms with Gasteiger partial charge in [0.25, 0.3) is 0 Å². The molecular weight excluding hydrogens is 236 g/mol. The van der Waals surface area contributed by atoms with E-state index >= 15 is 0 Å². The molecule has 3 heteroatoms. The van der Waals surface area contributed by atoms with Crippen molar-refractivity contribution in [2.24, 2.45) is 17.1 Å². The van der Waals surface area contributed by atoms with Crippen LogP contribution in [0.4, 0.5) is 0 Å². The van der Waals surface area contributed by atoms with E-state index in [2.05, 4.69) is 25.7 Å². The van der Waals surface area contributed by atoms with E-state index < -0.39 is 0 Å². The second-order valence-electron chi connectivity index (χ2n) is 6.53. The Morgan fingerprint density at radius 1 is 1.26 bits per heavy atom. The molecular formula is C16H32N2O. The molecule has 2 unspecified atom stereocenters. The van der Waals surface area contributed by atoms with E-state index in [1.165, 1.54) is 19.3 Å². The zero-order chi connectivity index (χ0) is 14.5. The topological polar surface area (TPSA) is 46.3 Å². The Balaban J connectivity index is 2.41. The van der Waals surface area contributed by atoms with Crippen molar-refractivity contribution >= 4 is 5.91 Å². The molecule has 0 radical (unpaired) electrons. The Morgan fingerprint density at radius 2 is 1.89 bits per heavy atom. The van der Waals surface area contributed by atoms with Crippen LogP contribution in [0, 0.1) is 11.3 Å². The van der Waals surface area contributed by atoms with E-state index in [1.54, 1.807) is 0 Å². The molecule has 0 aromatic rings. The van der Waals surface area contributed by atoms with E-state index in [0.29, 0.717) is 11.3 Å². The van der Waals surface area contributed by atoms with Gasteiger partial charge in [-0.1, -0.05) is 27.2 Å². The van der Waals surface area contributed by atoms with Crippen LogP contribution in [0.15, 0.2) is 0 Å². The summed E-state index contributed by atoms with van der Waals surface area (Å²) in [5.74, 6) is 0.511. The third-order valence-corrected chi connectivity index (χ3v) is 4.97. The summed E-state index contributed by atoms with van der Waals surface area (Å²) in [4.78, 5) is 14.5. The van der Waals surface area contributed by atoms with Crippen molar-refractivity contribution < 1.29 is 4.79 Å². The molecule has 1 fully saturated rings. The van der Waals surface area contributed by atoms with Gasteiger partial charge in [0, 0.05) is 25.0 Å². The van der Waals surface area contributed by atoms with Gasteiger partial charge < -0.3 is 10.6 Å². The summed E-state index contributed by atoms with van der Waals surface area (Å²) >= 11 is 0. The van der Waals surface area contributed by atoms with Crippen LogP contribution in [0.5, 0.6) is 0 Å². The molecule has 0 aromatic heterocycles. The van der Waals surface area contributed by atoms with Gasteiger partial charge in [-0.3, -0.25) is 4.79 Å². The Morgan fingerprint density at radius 3 is 2.37 bits per heavy atom. The molecule has 0 aromatic carbocycles. The SMILES string of the molecule is CCC1(CC)CCN(C(=O)C(C)CCCC(C)N)C1. The van der Waals surface area contributed by atoms with Gasteiger partial charge in [0.1, 0.15) is 0 Å². The average molecular weight is 268 g/mol. The molecule has 1 aliphatic rings. The number of likely N-dealkylation sites (tertiary alicyclic amines) is 1. The third-order valence-electron chi connectivity index (χ3n) is 4.97. The number of hydrogen-bond donors (Lipinski definition) is 1. The van der Waals surface area contributed by atoms with Gasteiger partial charge in [0.05, 0.1) is 0 Å². The minimum Gasteiger partial charge on any atom is -0.342 e. The summed E-state index contributed by atoms with van der Waals surface area (Å²) in [6.07, 6.45) is 6.61. The molecule has 2 atom stereocenters. The fourth-order valence-electron chi connectivity index (χ4n) is 3.13. The molecule has 1 amide bonds. The first kappa shape index (κ1) is 16.5. The molecule has 1 heterocycles. The minimum atomic E-state index is 0.156. The second-order valence-corrected chi connectivity index (χ2v) is 6.53. The van der Waals surface area contributed by atoms with Gasteiger partial charge in [-0.15, -0.1) is 0 Å². The maximum atomic E-state index is 12.4. The van der Waals surface area contributed by atoms with Crippen molar-refractivity contribution in [3.05, 3.63) is 0 Å². The van der Waals surface area contributed by atoms with Gasteiger partial charge in [-0.25, -0.2) is 0 Å². The number of amides is 1. The molecule has 112 valence electrons. The van der Waals surface area contributed by atoms with E-state index in [4.69, 9.17) is 5.73 Å². The summed E-state index contributed by atoms with van der Waals surface area (Å²) in [6.45, 7) is 10.5. The Hall–Kier alpha value is -0.570. The lowest BCUT2D eigenvalue weighted by Gasteiger charge is -2.27. The summed E-state index contributed by atoms with van der Waals surface area (Å²) in [6, 6.07) is 0.252. The van der Waals surface area contributed by atoms with E-state index in [1.807, 2.05) is 6.92 Å². The number of nitrogens with two attached hydrogens (primary N) is 1. The van der Waals surface area contributed by atoms with Crippen molar-refractivity contribution in [3.63, 3.8) is 0 Å². The lowest BCUT2D eigenvalue weighted by Crippen LogP contribution is -2.35. The van der Waals surface area contributed by atoms with Crippen LogP contribution in [0.1, 0.15) is 66.2 Å². The van der Waals surface area contributed by atoms with Crippen LogP contribution >= 0.6 is 0 Å². The largest absolute Gasteiger partial charge is 0.342 e. The highest BCUT2D eigenvalue weighted by Gasteiger charge is 2.37. The van der Waals surface area contributed by atoms with Gasteiger partial charge in [0.2, 0.25) is 5.91 Å². The van der Waals surface area contributed by atoms with Crippen LogP contribution in [-0.2, 0) is 4.79 Å². The highest BCUT2D eigenvalue weighted by molar-refractivity contribution is 5.78. The van der Waals surface area contributed by atoms with Crippen molar-refractivity contribution in [1.82, 2.24) is 4.90 Å². The first-order valence-electron chi connectivity index (χ1n) is 7.98. The molecule has 0 spiro atoms. The van der Waals surface area contributed by atoms with Crippen LogP contribution in [-0.4, -0.2) is 29.9 Å². The van der Waals surface area contributed by atoms with Gasteiger partial charge in [-0.2, -0.15) is 0 Å². The number of hydrogen-bond acceptors (Lipinski definition) is 2. The molecule has 1 aliphatic heterocycles. The molecule has 1 saturated heterocycles. The lowest BCUT2D eigenvalue weighted by atomic mass is 9.82. The van der Waals surface area contributed by atoms with Gasteiger partial charge >= 0.3 is 0 Å². The second kappa shape index (κ2) is 7.28. The zero-order valence-corrected chi connectivity index (χ0v) is 13.2. The summed E-state index contributed by atoms with van der Waals surface area (Å²) in [7, 11) is 0. The Kier molecular flexibility index (Phi) is 6.31. The van der Waals surface area contributed by atoms with Crippen LogP contribution in [0.2, 0.25) is 0 Å². The summed E-state index contributed by atoms with van der Waals surface area (Å²) < 4.78 is 0. The van der Waals surface area contributed by atoms with E-state index in [9.17, 15) is 4.79 Å². The number of nitrogens with zero attached hydrogens (tertiary/aromatic N) is 1. The molecule has 19 heavy (non-hydrogen) atoms. The fourth-order valence-corrected chi connectivity index (χ4v) is 3.13. The van der Waals surface area contributed by atoms with Crippen molar-refractivity contribution in [3.8, 4) is 0 Å². The first-order chi connectivity index (χ1) is 8.94. The number of carbonyl (C=O) groups excluding carboxylic acids is 1. The smallest absolute Gasteiger partial charge is 0.225 e. The molecule has 2 N–H and O–H groups in total. The maximum Gasteiger partial charge on any atom is 0.225 e. The van der Waals surface area contributed by atoms with Gasteiger partial charge in [-0.05, 0) is 44.4 Å². The van der Waals surface area contributed by atoms with Crippen molar-refractivity contribution in [2.45, 2.75) is 72.3 Å². The van der Waals surface area contributed by atoms with Crippen LogP contribution in [0.25, 0.3) is 0 Å². The third kappa shape index (κ3) is 4.48. The number of rotatable bonds is 7.